The van der Waals surface area contributed by atoms with E-state index < -0.39 is 5.54 Å². The lowest BCUT2D eigenvalue weighted by Gasteiger charge is -2.39. The Labute approximate surface area is 98.2 Å². The van der Waals surface area contributed by atoms with Crippen LogP contribution in [-0.4, -0.2) is 17.5 Å². The summed E-state index contributed by atoms with van der Waals surface area (Å²) in [6, 6.07) is 0.361. The fourth-order valence-corrected chi connectivity index (χ4v) is 2.79. The van der Waals surface area contributed by atoms with Crippen molar-refractivity contribution in [2.24, 2.45) is 17.6 Å². The van der Waals surface area contributed by atoms with Crippen molar-refractivity contribution in [1.82, 2.24) is 5.32 Å². The zero-order valence-electron chi connectivity index (χ0n) is 10.5. The number of nitrogens with one attached hydrogen (secondary N) is 1. The average Bonchev–Trinajstić information content (AvgIpc) is 2.20. The first-order valence-corrected chi connectivity index (χ1v) is 6.61. The van der Waals surface area contributed by atoms with Gasteiger partial charge in [-0.15, -0.1) is 0 Å². The fraction of sp³-hybridized carbons (Fsp3) is 0.923. The number of rotatable bonds is 2. The van der Waals surface area contributed by atoms with Gasteiger partial charge in [0.1, 0.15) is 0 Å². The highest BCUT2D eigenvalue weighted by molar-refractivity contribution is 5.87. The van der Waals surface area contributed by atoms with Gasteiger partial charge < -0.3 is 11.1 Å². The second-order valence-electron chi connectivity index (χ2n) is 5.95. The summed E-state index contributed by atoms with van der Waals surface area (Å²) in [4.78, 5) is 12.0. The molecule has 2 fully saturated rings. The van der Waals surface area contributed by atoms with Crippen molar-refractivity contribution in [3.8, 4) is 0 Å². The topological polar surface area (TPSA) is 55.1 Å². The molecule has 0 saturated heterocycles. The van der Waals surface area contributed by atoms with E-state index in [0.29, 0.717) is 12.0 Å². The maximum Gasteiger partial charge on any atom is 0.240 e. The van der Waals surface area contributed by atoms with Crippen LogP contribution >= 0.6 is 0 Å². The van der Waals surface area contributed by atoms with E-state index in [1.54, 1.807) is 0 Å². The zero-order chi connectivity index (χ0) is 11.8. The van der Waals surface area contributed by atoms with Gasteiger partial charge in [0.2, 0.25) is 5.91 Å². The van der Waals surface area contributed by atoms with Gasteiger partial charge in [0.15, 0.2) is 0 Å². The number of hydrogen-bond donors (Lipinski definition) is 2. The van der Waals surface area contributed by atoms with E-state index in [1.165, 1.54) is 6.42 Å². The molecule has 16 heavy (non-hydrogen) atoms. The molecule has 1 amide bonds. The van der Waals surface area contributed by atoms with Crippen LogP contribution in [-0.2, 0) is 4.79 Å². The zero-order valence-corrected chi connectivity index (χ0v) is 10.5. The van der Waals surface area contributed by atoms with Crippen molar-refractivity contribution in [3.63, 3.8) is 0 Å². The lowest BCUT2D eigenvalue weighted by molar-refractivity contribution is -0.130. The minimum absolute atomic E-state index is 0.0884. The lowest BCUT2D eigenvalue weighted by atomic mass is 9.75. The van der Waals surface area contributed by atoms with E-state index in [-0.39, 0.29) is 5.91 Å². The molecule has 0 aromatic rings. The fourth-order valence-electron chi connectivity index (χ4n) is 2.79. The van der Waals surface area contributed by atoms with E-state index in [9.17, 15) is 4.79 Å². The average molecular weight is 224 g/mol. The van der Waals surface area contributed by atoms with E-state index in [0.717, 1.165) is 38.0 Å². The summed E-state index contributed by atoms with van der Waals surface area (Å²) in [5.41, 5.74) is 5.48. The first-order valence-electron chi connectivity index (χ1n) is 6.61. The van der Waals surface area contributed by atoms with Crippen molar-refractivity contribution in [2.75, 3.05) is 0 Å². The van der Waals surface area contributed by atoms with E-state index in [2.05, 4.69) is 19.2 Å². The molecule has 0 aliphatic heterocycles. The molecule has 0 heterocycles. The Hall–Kier alpha value is -0.570. The quantitative estimate of drug-likeness (QED) is 0.751. The first-order chi connectivity index (χ1) is 7.51. The number of hydrogen-bond acceptors (Lipinski definition) is 2. The summed E-state index contributed by atoms with van der Waals surface area (Å²) in [7, 11) is 0. The molecule has 0 aromatic heterocycles. The van der Waals surface area contributed by atoms with Gasteiger partial charge in [-0.1, -0.05) is 13.8 Å². The SMILES string of the molecule is CC1CCC(NC(=O)C2(N)CCC2)CC1C. The van der Waals surface area contributed by atoms with Crippen LogP contribution in [0.15, 0.2) is 0 Å². The Morgan fingerprint density at radius 2 is 1.94 bits per heavy atom. The maximum absolute atomic E-state index is 12.0. The van der Waals surface area contributed by atoms with Crippen molar-refractivity contribution >= 4 is 5.91 Å². The van der Waals surface area contributed by atoms with Crippen LogP contribution in [0.5, 0.6) is 0 Å². The van der Waals surface area contributed by atoms with E-state index in [1.807, 2.05) is 0 Å². The highest BCUT2D eigenvalue weighted by Crippen LogP contribution is 2.32. The Morgan fingerprint density at radius 3 is 2.44 bits per heavy atom. The predicted octanol–water partition coefficient (Wildman–Crippen LogP) is 1.81. The summed E-state index contributed by atoms with van der Waals surface area (Å²) >= 11 is 0. The van der Waals surface area contributed by atoms with Crippen LogP contribution < -0.4 is 11.1 Å². The van der Waals surface area contributed by atoms with Gasteiger partial charge in [-0.25, -0.2) is 0 Å². The molecule has 0 aromatic carbocycles. The molecule has 0 radical (unpaired) electrons. The Balaban J connectivity index is 1.83. The summed E-state index contributed by atoms with van der Waals surface area (Å²) < 4.78 is 0. The highest BCUT2D eigenvalue weighted by Gasteiger charge is 2.41. The van der Waals surface area contributed by atoms with Gasteiger partial charge in [0.05, 0.1) is 5.54 Å². The molecule has 3 N–H and O–H groups in total. The largest absolute Gasteiger partial charge is 0.352 e. The van der Waals surface area contributed by atoms with Gasteiger partial charge in [-0.05, 0) is 50.4 Å². The van der Waals surface area contributed by atoms with Crippen LogP contribution in [0.25, 0.3) is 0 Å². The highest BCUT2D eigenvalue weighted by atomic mass is 16.2. The molecule has 2 rings (SSSR count). The van der Waals surface area contributed by atoms with Crippen molar-refractivity contribution < 1.29 is 4.79 Å². The van der Waals surface area contributed by atoms with E-state index in [4.69, 9.17) is 5.73 Å². The third-order valence-electron chi connectivity index (χ3n) is 4.63. The third kappa shape index (κ3) is 2.24. The normalized spacial score (nSPS) is 37.6. The second kappa shape index (κ2) is 4.36. The maximum atomic E-state index is 12.0. The Morgan fingerprint density at radius 1 is 1.25 bits per heavy atom. The van der Waals surface area contributed by atoms with Gasteiger partial charge in [-0.2, -0.15) is 0 Å². The molecular formula is C13H24N2O. The Bertz CT molecular complexity index is 273. The van der Waals surface area contributed by atoms with Crippen LogP contribution in [0.4, 0.5) is 0 Å². The number of carbonyl (C=O) groups is 1. The minimum atomic E-state index is -0.535. The summed E-state index contributed by atoms with van der Waals surface area (Å²) in [5, 5.41) is 3.15. The summed E-state index contributed by atoms with van der Waals surface area (Å²) in [5.74, 6) is 1.60. The van der Waals surface area contributed by atoms with Crippen LogP contribution in [0, 0.1) is 11.8 Å². The monoisotopic (exact) mass is 224 g/mol. The van der Waals surface area contributed by atoms with Gasteiger partial charge >= 0.3 is 0 Å². The van der Waals surface area contributed by atoms with Crippen LogP contribution in [0.2, 0.25) is 0 Å². The lowest BCUT2D eigenvalue weighted by Crippen LogP contribution is -2.60. The molecule has 92 valence electrons. The smallest absolute Gasteiger partial charge is 0.240 e. The molecule has 2 aliphatic carbocycles. The van der Waals surface area contributed by atoms with Gasteiger partial charge in [-0.3, -0.25) is 4.79 Å². The van der Waals surface area contributed by atoms with Crippen molar-refractivity contribution in [3.05, 3.63) is 0 Å². The molecule has 2 aliphatic rings. The molecule has 3 atom stereocenters. The summed E-state index contributed by atoms with van der Waals surface area (Å²) in [6.45, 7) is 4.59. The minimum Gasteiger partial charge on any atom is -0.352 e. The van der Waals surface area contributed by atoms with Gasteiger partial charge in [0.25, 0.3) is 0 Å². The standard InChI is InChI=1S/C13H24N2O/c1-9-4-5-11(8-10(9)2)15-12(16)13(14)6-3-7-13/h9-11H,3-8,14H2,1-2H3,(H,15,16). The molecule has 3 heteroatoms. The predicted molar refractivity (Wildman–Crippen MR) is 64.9 cm³/mol. The van der Waals surface area contributed by atoms with Crippen molar-refractivity contribution in [1.29, 1.82) is 0 Å². The number of amides is 1. The molecule has 0 bridgehead atoms. The first kappa shape index (κ1) is 11.9. The molecule has 2 saturated carbocycles. The molecule has 3 unspecified atom stereocenters. The van der Waals surface area contributed by atoms with Crippen molar-refractivity contribution in [2.45, 2.75) is 64.0 Å². The van der Waals surface area contributed by atoms with Crippen LogP contribution in [0.1, 0.15) is 52.4 Å². The van der Waals surface area contributed by atoms with Gasteiger partial charge in [0, 0.05) is 6.04 Å². The second-order valence-corrected chi connectivity index (χ2v) is 5.95. The molecule has 3 nitrogen and oxygen atoms in total. The molecule has 0 spiro atoms. The van der Waals surface area contributed by atoms with Crippen LogP contribution in [0.3, 0.4) is 0 Å². The Kier molecular flexibility index (Phi) is 3.24. The molecular weight excluding hydrogens is 200 g/mol. The number of carbonyl (C=O) groups excluding carboxylic acids is 1. The van der Waals surface area contributed by atoms with E-state index >= 15 is 0 Å². The summed E-state index contributed by atoms with van der Waals surface area (Å²) in [6.07, 6.45) is 6.27. The number of nitrogens with two attached hydrogens (primary N) is 1. The third-order valence-corrected chi connectivity index (χ3v) is 4.63.